The summed E-state index contributed by atoms with van der Waals surface area (Å²) in [4.78, 5) is 11.5. The lowest BCUT2D eigenvalue weighted by molar-refractivity contribution is -0.124. The largest absolute Gasteiger partial charge is 0.357 e. The van der Waals surface area contributed by atoms with Gasteiger partial charge < -0.3 is 20.5 Å². The Morgan fingerprint density at radius 1 is 1.50 bits per heavy atom. The molecular formula is C9H16N6O. The standard InChI is InChI=1S/C9H16N6O/c1-10-9-14-13-7(15(9)2)5-6-8(16)12-4-3-11-6/h6,11H,3-5H2,1-2H3,(H,10,14)(H,12,16). The summed E-state index contributed by atoms with van der Waals surface area (Å²) in [5.74, 6) is 1.52. The summed E-state index contributed by atoms with van der Waals surface area (Å²) in [6.45, 7) is 1.49. The molecule has 2 rings (SSSR count). The van der Waals surface area contributed by atoms with Crippen LogP contribution in [0.4, 0.5) is 5.95 Å². The van der Waals surface area contributed by atoms with Crippen LogP contribution in [-0.4, -0.2) is 46.9 Å². The minimum atomic E-state index is -0.207. The van der Waals surface area contributed by atoms with Gasteiger partial charge >= 0.3 is 0 Å². The molecule has 1 atom stereocenters. The second-order valence-corrected chi connectivity index (χ2v) is 3.75. The number of hydrogen-bond acceptors (Lipinski definition) is 5. The average Bonchev–Trinajstić information content (AvgIpc) is 2.63. The van der Waals surface area contributed by atoms with Crippen molar-refractivity contribution in [1.82, 2.24) is 25.4 Å². The van der Waals surface area contributed by atoms with E-state index in [0.717, 1.165) is 12.4 Å². The highest BCUT2D eigenvalue weighted by Gasteiger charge is 2.23. The Hall–Kier alpha value is -1.63. The summed E-state index contributed by atoms with van der Waals surface area (Å²) >= 11 is 0. The Balaban J connectivity index is 2.07. The van der Waals surface area contributed by atoms with E-state index < -0.39 is 0 Å². The predicted molar refractivity (Wildman–Crippen MR) is 59.1 cm³/mol. The van der Waals surface area contributed by atoms with Crippen LogP contribution in [0.25, 0.3) is 0 Å². The molecule has 1 amide bonds. The van der Waals surface area contributed by atoms with E-state index in [2.05, 4.69) is 26.1 Å². The van der Waals surface area contributed by atoms with Crippen molar-refractivity contribution in [2.75, 3.05) is 25.5 Å². The van der Waals surface area contributed by atoms with Crippen LogP contribution in [0.2, 0.25) is 0 Å². The molecule has 0 saturated carbocycles. The molecule has 1 aliphatic heterocycles. The van der Waals surface area contributed by atoms with E-state index in [4.69, 9.17) is 0 Å². The van der Waals surface area contributed by atoms with Crippen molar-refractivity contribution in [2.45, 2.75) is 12.5 Å². The molecule has 1 unspecified atom stereocenters. The van der Waals surface area contributed by atoms with Crippen LogP contribution < -0.4 is 16.0 Å². The van der Waals surface area contributed by atoms with Crippen molar-refractivity contribution in [1.29, 1.82) is 0 Å². The van der Waals surface area contributed by atoms with Gasteiger partial charge in [0.15, 0.2) is 0 Å². The molecule has 16 heavy (non-hydrogen) atoms. The van der Waals surface area contributed by atoms with E-state index in [0.29, 0.717) is 18.9 Å². The second-order valence-electron chi connectivity index (χ2n) is 3.75. The molecule has 1 fully saturated rings. The van der Waals surface area contributed by atoms with Crippen LogP contribution in [-0.2, 0) is 18.3 Å². The predicted octanol–water partition coefficient (Wildman–Crippen LogP) is -1.51. The zero-order chi connectivity index (χ0) is 11.5. The number of carbonyl (C=O) groups excluding carboxylic acids is 1. The van der Waals surface area contributed by atoms with Crippen molar-refractivity contribution in [3.63, 3.8) is 0 Å². The fourth-order valence-electron chi connectivity index (χ4n) is 1.75. The SMILES string of the molecule is CNc1nnc(CC2NCCNC2=O)n1C. The molecule has 0 aliphatic carbocycles. The third-order valence-corrected chi connectivity index (χ3v) is 2.71. The fraction of sp³-hybridized carbons (Fsp3) is 0.667. The third-order valence-electron chi connectivity index (χ3n) is 2.71. The molecule has 0 aromatic carbocycles. The molecular weight excluding hydrogens is 208 g/mol. The van der Waals surface area contributed by atoms with Crippen LogP contribution in [0.1, 0.15) is 5.82 Å². The van der Waals surface area contributed by atoms with Gasteiger partial charge in [0.1, 0.15) is 5.82 Å². The molecule has 1 aromatic heterocycles. The Kier molecular flexibility index (Phi) is 3.04. The van der Waals surface area contributed by atoms with Crippen molar-refractivity contribution in [3.05, 3.63) is 5.82 Å². The van der Waals surface area contributed by atoms with Crippen LogP contribution >= 0.6 is 0 Å². The summed E-state index contributed by atoms with van der Waals surface area (Å²) < 4.78 is 1.85. The molecule has 0 spiro atoms. The number of hydrogen-bond donors (Lipinski definition) is 3. The average molecular weight is 224 g/mol. The van der Waals surface area contributed by atoms with Gasteiger partial charge in [-0.25, -0.2) is 0 Å². The Labute approximate surface area is 93.6 Å². The summed E-state index contributed by atoms with van der Waals surface area (Å²) in [6, 6.07) is -0.207. The van der Waals surface area contributed by atoms with Gasteiger partial charge in [-0.3, -0.25) is 4.79 Å². The highest BCUT2D eigenvalue weighted by Crippen LogP contribution is 2.07. The van der Waals surface area contributed by atoms with Gasteiger partial charge in [-0.1, -0.05) is 0 Å². The van der Waals surface area contributed by atoms with Gasteiger partial charge in [-0.15, -0.1) is 10.2 Å². The van der Waals surface area contributed by atoms with Crippen LogP contribution in [0.3, 0.4) is 0 Å². The maximum atomic E-state index is 11.5. The van der Waals surface area contributed by atoms with Gasteiger partial charge in [-0.05, 0) is 0 Å². The number of nitrogens with one attached hydrogen (secondary N) is 3. The summed E-state index contributed by atoms with van der Waals surface area (Å²) in [5, 5.41) is 16.9. The molecule has 1 aliphatic rings. The Morgan fingerprint density at radius 3 is 2.94 bits per heavy atom. The highest BCUT2D eigenvalue weighted by atomic mass is 16.2. The first-order valence-electron chi connectivity index (χ1n) is 5.29. The zero-order valence-corrected chi connectivity index (χ0v) is 9.45. The van der Waals surface area contributed by atoms with Crippen molar-refractivity contribution in [2.24, 2.45) is 7.05 Å². The molecule has 0 bridgehead atoms. The summed E-state index contributed by atoms with van der Waals surface area (Å²) in [5.41, 5.74) is 0. The fourth-order valence-corrected chi connectivity index (χ4v) is 1.75. The molecule has 88 valence electrons. The normalized spacial score (nSPS) is 20.6. The number of nitrogens with zero attached hydrogens (tertiary/aromatic N) is 3. The van der Waals surface area contributed by atoms with Gasteiger partial charge in [0.25, 0.3) is 0 Å². The molecule has 7 nitrogen and oxygen atoms in total. The number of aromatic nitrogens is 3. The smallest absolute Gasteiger partial charge is 0.237 e. The van der Waals surface area contributed by atoms with E-state index in [1.54, 1.807) is 7.05 Å². The molecule has 3 N–H and O–H groups in total. The van der Waals surface area contributed by atoms with E-state index >= 15 is 0 Å². The molecule has 1 saturated heterocycles. The number of anilines is 1. The van der Waals surface area contributed by atoms with E-state index in [-0.39, 0.29) is 11.9 Å². The van der Waals surface area contributed by atoms with Gasteiger partial charge in [0.05, 0.1) is 6.04 Å². The van der Waals surface area contributed by atoms with Crippen molar-refractivity contribution in [3.8, 4) is 0 Å². The maximum Gasteiger partial charge on any atom is 0.237 e. The minimum absolute atomic E-state index is 0.0280. The lowest BCUT2D eigenvalue weighted by Crippen LogP contribution is -2.53. The van der Waals surface area contributed by atoms with Crippen molar-refractivity contribution >= 4 is 11.9 Å². The van der Waals surface area contributed by atoms with Gasteiger partial charge in [0.2, 0.25) is 11.9 Å². The van der Waals surface area contributed by atoms with E-state index in [1.807, 2.05) is 11.6 Å². The van der Waals surface area contributed by atoms with Gasteiger partial charge in [-0.2, -0.15) is 0 Å². The van der Waals surface area contributed by atoms with E-state index in [1.165, 1.54) is 0 Å². The number of rotatable bonds is 3. The monoisotopic (exact) mass is 224 g/mol. The minimum Gasteiger partial charge on any atom is -0.357 e. The number of carbonyl (C=O) groups is 1. The zero-order valence-electron chi connectivity index (χ0n) is 9.45. The molecule has 2 heterocycles. The van der Waals surface area contributed by atoms with Crippen molar-refractivity contribution < 1.29 is 4.79 Å². The lowest BCUT2D eigenvalue weighted by Gasteiger charge is -2.22. The first-order chi connectivity index (χ1) is 7.72. The van der Waals surface area contributed by atoms with Gasteiger partial charge in [0, 0.05) is 33.6 Å². The lowest BCUT2D eigenvalue weighted by atomic mass is 10.1. The maximum absolute atomic E-state index is 11.5. The van der Waals surface area contributed by atoms with Crippen LogP contribution in [0, 0.1) is 0 Å². The molecule has 1 aromatic rings. The summed E-state index contributed by atoms with van der Waals surface area (Å²) in [6.07, 6.45) is 0.553. The first-order valence-corrected chi connectivity index (χ1v) is 5.29. The Bertz CT molecular complexity index is 387. The van der Waals surface area contributed by atoms with Crippen LogP contribution in [0.5, 0.6) is 0 Å². The molecule has 0 radical (unpaired) electrons. The highest BCUT2D eigenvalue weighted by molar-refractivity contribution is 5.82. The topological polar surface area (TPSA) is 83.9 Å². The third kappa shape index (κ3) is 1.99. The number of amides is 1. The number of piperazine rings is 1. The first kappa shape index (κ1) is 10.9. The quantitative estimate of drug-likeness (QED) is 0.581. The van der Waals surface area contributed by atoms with E-state index in [9.17, 15) is 4.79 Å². The summed E-state index contributed by atoms with van der Waals surface area (Å²) in [7, 11) is 3.67. The van der Waals surface area contributed by atoms with Crippen LogP contribution in [0.15, 0.2) is 0 Å². The Morgan fingerprint density at radius 2 is 2.31 bits per heavy atom. The second kappa shape index (κ2) is 4.48. The molecule has 7 heteroatoms.